The van der Waals surface area contributed by atoms with Crippen LogP contribution in [0.4, 0.5) is 17.1 Å². The van der Waals surface area contributed by atoms with E-state index in [0.29, 0.717) is 5.89 Å². The van der Waals surface area contributed by atoms with Gasteiger partial charge in [-0.3, -0.25) is 0 Å². The van der Waals surface area contributed by atoms with Gasteiger partial charge in [0.25, 0.3) is 0 Å². The summed E-state index contributed by atoms with van der Waals surface area (Å²) in [6.07, 6.45) is 0. The highest BCUT2D eigenvalue weighted by Crippen LogP contribution is 2.39. The lowest BCUT2D eigenvalue weighted by Crippen LogP contribution is -2.09. The van der Waals surface area contributed by atoms with Gasteiger partial charge in [-0.15, -0.1) is 0 Å². The van der Waals surface area contributed by atoms with Crippen LogP contribution in [0.25, 0.3) is 88.3 Å². The second kappa shape index (κ2) is 14.1. The predicted molar refractivity (Wildman–Crippen MR) is 243 cm³/mol. The van der Waals surface area contributed by atoms with Crippen molar-refractivity contribution >= 4 is 60.5 Å². The number of nitrogens with zero attached hydrogens (tertiary/aromatic N) is 2. The van der Waals surface area contributed by atoms with E-state index in [2.05, 4.69) is 193 Å². The Balaban J connectivity index is 0.877. The first-order valence-electron chi connectivity index (χ1n) is 19.7. The molecule has 58 heavy (non-hydrogen) atoms. The van der Waals surface area contributed by atoms with Gasteiger partial charge in [-0.25, -0.2) is 4.98 Å². The maximum atomic E-state index is 6.37. The van der Waals surface area contributed by atoms with Crippen molar-refractivity contribution in [3.05, 3.63) is 218 Å². The second-order valence-electron chi connectivity index (χ2n) is 14.8. The van der Waals surface area contributed by atoms with Crippen molar-refractivity contribution in [1.82, 2.24) is 4.98 Å². The normalized spacial score (nSPS) is 11.4. The summed E-state index contributed by atoms with van der Waals surface area (Å²) in [5.74, 6) is 0.642. The highest BCUT2D eigenvalue weighted by molar-refractivity contribution is 6.16. The highest BCUT2D eigenvalue weighted by Gasteiger charge is 2.15. The van der Waals surface area contributed by atoms with Gasteiger partial charge in [-0.05, 0) is 133 Å². The van der Waals surface area contributed by atoms with Gasteiger partial charge < -0.3 is 9.32 Å². The molecular formula is C55H36N2O. The van der Waals surface area contributed by atoms with E-state index in [4.69, 9.17) is 9.40 Å². The van der Waals surface area contributed by atoms with Crippen LogP contribution in [0.2, 0.25) is 0 Å². The first kappa shape index (κ1) is 33.6. The summed E-state index contributed by atoms with van der Waals surface area (Å²) in [5, 5.41) is 7.12. The average Bonchev–Trinajstić information content (AvgIpc) is 3.75. The molecule has 0 N–H and O–H groups in total. The van der Waals surface area contributed by atoms with E-state index in [1.165, 1.54) is 54.9 Å². The Bertz CT molecular complexity index is 3240. The van der Waals surface area contributed by atoms with E-state index in [1.54, 1.807) is 0 Å². The summed E-state index contributed by atoms with van der Waals surface area (Å²) < 4.78 is 6.37. The fourth-order valence-electron chi connectivity index (χ4n) is 8.26. The molecule has 11 rings (SSSR count). The van der Waals surface area contributed by atoms with Gasteiger partial charge >= 0.3 is 0 Å². The van der Waals surface area contributed by atoms with Crippen LogP contribution >= 0.6 is 0 Å². The fourth-order valence-corrected chi connectivity index (χ4v) is 8.26. The third-order valence-corrected chi connectivity index (χ3v) is 11.3. The van der Waals surface area contributed by atoms with Gasteiger partial charge in [0.1, 0.15) is 5.52 Å². The minimum absolute atomic E-state index is 0.642. The van der Waals surface area contributed by atoms with Crippen LogP contribution in [0.3, 0.4) is 0 Å². The SMILES string of the molecule is c1ccc(-c2nc3ccc4c5cc(-c6ccc(-c7ccc(N(c8ccccc8)c8ccc(-c9ccc%10ccccc%10c9)cc8)cc7)cc6)ccc5ccc4c3o2)cc1. The maximum Gasteiger partial charge on any atom is 0.227 e. The second-order valence-corrected chi connectivity index (χ2v) is 14.8. The largest absolute Gasteiger partial charge is 0.435 e. The first-order valence-corrected chi connectivity index (χ1v) is 19.7. The zero-order valence-electron chi connectivity index (χ0n) is 31.6. The summed E-state index contributed by atoms with van der Waals surface area (Å²) >= 11 is 0. The van der Waals surface area contributed by atoms with Crippen molar-refractivity contribution in [2.75, 3.05) is 4.90 Å². The Labute approximate surface area is 336 Å². The van der Waals surface area contributed by atoms with Crippen molar-refractivity contribution in [2.24, 2.45) is 0 Å². The summed E-state index contributed by atoms with van der Waals surface area (Å²) in [7, 11) is 0. The molecular weight excluding hydrogens is 705 g/mol. The minimum Gasteiger partial charge on any atom is -0.435 e. The number of hydrogen-bond donors (Lipinski definition) is 0. The number of para-hydroxylation sites is 1. The van der Waals surface area contributed by atoms with Crippen LogP contribution in [0.15, 0.2) is 223 Å². The highest BCUT2D eigenvalue weighted by atomic mass is 16.3. The molecule has 1 heterocycles. The molecule has 0 saturated carbocycles. The van der Waals surface area contributed by atoms with Gasteiger partial charge in [0.2, 0.25) is 5.89 Å². The standard InChI is InChI=1S/C55H36N2O/c1-3-10-43(11-4-1)55-56-53-34-33-50-51(54(53)58-55)32-27-42-20-22-46(36-52(42)50)40-17-15-38(16-18-40)39-23-28-48(29-24-39)57(47-13-5-2-6-14-47)49-30-25-41(26-31-49)45-21-19-37-9-7-8-12-44(37)35-45/h1-36H. The van der Waals surface area contributed by atoms with Crippen LogP contribution < -0.4 is 4.90 Å². The van der Waals surface area contributed by atoms with Crippen LogP contribution in [-0.4, -0.2) is 4.98 Å². The van der Waals surface area contributed by atoms with Crippen LogP contribution in [0.1, 0.15) is 0 Å². The Kier molecular flexibility index (Phi) is 8.15. The molecule has 0 atom stereocenters. The van der Waals surface area contributed by atoms with E-state index in [-0.39, 0.29) is 0 Å². The van der Waals surface area contributed by atoms with Crippen LogP contribution in [0.5, 0.6) is 0 Å². The lowest BCUT2D eigenvalue weighted by molar-refractivity contribution is 0.623. The molecule has 0 amide bonds. The summed E-state index contributed by atoms with van der Waals surface area (Å²) in [4.78, 5) is 7.12. The van der Waals surface area contributed by atoms with Crippen molar-refractivity contribution in [3.8, 4) is 44.8 Å². The van der Waals surface area contributed by atoms with Crippen molar-refractivity contribution in [1.29, 1.82) is 0 Å². The number of aromatic nitrogens is 1. The van der Waals surface area contributed by atoms with Crippen LogP contribution in [0, 0.1) is 0 Å². The predicted octanol–water partition coefficient (Wildman–Crippen LogP) is 15.4. The quantitative estimate of drug-likeness (QED) is 0.152. The van der Waals surface area contributed by atoms with Gasteiger partial charge in [-0.2, -0.15) is 0 Å². The zero-order chi connectivity index (χ0) is 38.4. The number of rotatable bonds is 7. The lowest BCUT2D eigenvalue weighted by atomic mass is 9.95. The Morgan fingerprint density at radius 1 is 0.310 bits per heavy atom. The third kappa shape index (κ3) is 6.07. The summed E-state index contributed by atoms with van der Waals surface area (Å²) in [6.45, 7) is 0. The number of fused-ring (bicyclic) bond motifs is 6. The minimum atomic E-state index is 0.642. The molecule has 10 aromatic carbocycles. The first-order chi connectivity index (χ1) is 28.7. The molecule has 3 heteroatoms. The van der Waals surface area contributed by atoms with E-state index in [1.807, 2.05) is 30.3 Å². The Morgan fingerprint density at radius 2 is 0.793 bits per heavy atom. The number of benzene rings is 10. The molecule has 3 nitrogen and oxygen atoms in total. The van der Waals surface area contributed by atoms with Crippen molar-refractivity contribution in [3.63, 3.8) is 0 Å². The van der Waals surface area contributed by atoms with Gasteiger partial charge in [0.15, 0.2) is 5.58 Å². The molecule has 0 spiro atoms. The molecule has 0 saturated heterocycles. The van der Waals surface area contributed by atoms with Gasteiger partial charge in [0, 0.05) is 28.0 Å². The Hall–Kier alpha value is -7.75. The van der Waals surface area contributed by atoms with E-state index in [9.17, 15) is 0 Å². The van der Waals surface area contributed by atoms with Crippen molar-refractivity contribution in [2.45, 2.75) is 0 Å². The van der Waals surface area contributed by atoms with E-state index < -0.39 is 0 Å². The summed E-state index contributed by atoms with van der Waals surface area (Å²) in [5.41, 5.74) is 13.1. The molecule has 0 unspecified atom stereocenters. The molecule has 11 aromatic rings. The van der Waals surface area contributed by atoms with E-state index >= 15 is 0 Å². The van der Waals surface area contributed by atoms with Gasteiger partial charge in [0.05, 0.1) is 0 Å². The number of oxazole rings is 1. The zero-order valence-corrected chi connectivity index (χ0v) is 31.6. The third-order valence-electron chi connectivity index (χ3n) is 11.3. The molecule has 1 aromatic heterocycles. The molecule has 0 fully saturated rings. The topological polar surface area (TPSA) is 29.3 Å². The monoisotopic (exact) mass is 740 g/mol. The number of anilines is 3. The smallest absolute Gasteiger partial charge is 0.227 e. The molecule has 0 radical (unpaired) electrons. The Morgan fingerprint density at radius 3 is 1.47 bits per heavy atom. The fraction of sp³-hybridized carbons (Fsp3) is 0. The lowest BCUT2D eigenvalue weighted by Gasteiger charge is -2.26. The van der Waals surface area contributed by atoms with E-state index in [0.717, 1.165) is 44.5 Å². The van der Waals surface area contributed by atoms with Gasteiger partial charge in [-0.1, -0.05) is 146 Å². The van der Waals surface area contributed by atoms with Crippen LogP contribution in [-0.2, 0) is 0 Å². The summed E-state index contributed by atoms with van der Waals surface area (Å²) in [6, 6.07) is 77.8. The van der Waals surface area contributed by atoms with Crippen molar-refractivity contribution < 1.29 is 4.42 Å². The molecule has 0 bridgehead atoms. The molecule has 272 valence electrons. The average molecular weight is 741 g/mol. The maximum absolute atomic E-state index is 6.37. The molecule has 0 aliphatic carbocycles. The number of hydrogen-bond acceptors (Lipinski definition) is 3. The molecule has 0 aliphatic rings. The molecule has 0 aliphatic heterocycles.